The molecule has 0 aliphatic rings. The van der Waals surface area contributed by atoms with Gasteiger partial charge in [0, 0.05) is 17.6 Å². The van der Waals surface area contributed by atoms with Crippen molar-refractivity contribution >= 4 is 34.3 Å². The van der Waals surface area contributed by atoms with Crippen LogP contribution in [0.25, 0.3) is 9.88 Å². The molecule has 0 spiro atoms. The Hall–Kier alpha value is -2.02. The smallest absolute Gasteiger partial charge is 0.238 e. The molecule has 0 bridgehead atoms. The van der Waals surface area contributed by atoms with E-state index in [1.807, 2.05) is 50.1 Å². The molecule has 0 aliphatic heterocycles. The number of nitrogens with one attached hydrogen (secondary N) is 1. The maximum absolute atomic E-state index is 12.3. The molecule has 0 saturated heterocycles. The maximum atomic E-state index is 12.3. The minimum atomic E-state index is -0.00934. The van der Waals surface area contributed by atoms with Crippen molar-refractivity contribution in [2.75, 3.05) is 18.9 Å². The fourth-order valence-corrected chi connectivity index (χ4v) is 4.17. The molecule has 4 nitrogen and oxygen atoms in total. The number of nitrogens with zero attached hydrogens (tertiary/aromatic N) is 2. The van der Waals surface area contributed by atoms with Gasteiger partial charge in [-0.1, -0.05) is 18.2 Å². The Labute approximate surface area is 156 Å². The Morgan fingerprint density at radius 3 is 2.80 bits per heavy atom. The average molecular weight is 372 g/mol. The second-order valence-corrected chi connectivity index (χ2v) is 7.90. The minimum absolute atomic E-state index is 0.00934. The van der Waals surface area contributed by atoms with Crippen LogP contribution in [-0.2, 0) is 11.3 Å². The van der Waals surface area contributed by atoms with E-state index >= 15 is 0 Å². The largest absolute Gasteiger partial charge is 0.325 e. The van der Waals surface area contributed by atoms with Crippen LogP contribution in [0.2, 0.25) is 0 Å². The summed E-state index contributed by atoms with van der Waals surface area (Å²) in [5, 5.41) is 8.16. The van der Waals surface area contributed by atoms with Crippen LogP contribution in [0.4, 0.5) is 5.69 Å². The Morgan fingerprint density at radius 1 is 1.20 bits per heavy atom. The summed E-state index contributed by atoms with van der Waals surface area (Å²) in [6, 6.07) is 10.1. The van der Waals surface area contributed by atoms with Crippen molar-refractivity contribution in [1.82, 2.24) is 9.88 Å². The molecule has 0 aliphatic carbocycles. The summed E-state index contributed by atoms with van der Waals surface area (Å²) in [6.45, 7) is 5.06. The molecule has 0 radical (unpaired) electrons. The zero-order valence-corrected chi connectivity index (χ0v) is 16.2. The van der Waals surface area contributed by atoms with Gasteiger partial charge in [-0.15, -0.1) is 22.7 Å². The highest BCUT2D eigenvalue weighted by molar-refractivity contribution is 7.20. The average Bonchev–Trinajstić information content (AvgIpc) is 3.22. The van der Waals surface area contributed by atoms with Crippen molar-refractivity contribution in [2.24, 2.45) is 0 Å². The first-order valence-corrected chi connectivity index (χ1v) is 9.82. The zero-order valence-electron chi connectivity index (χ0n) is 14.6. The van der Waals surface area contributed by atoms with Crippen LogP contribution in [0.5, 0.6) is 0 Å². The monoisotopic (exact) mass is 371 g/mol. The van der Waals surface area contributed by atoms with Gasteiger partial charge in [0.2, 0.25) is 5.91 Å². The SMILES string of the molecule is Cc1cccc(NC(=O)CN(C)Cc2csc(-c3cccs3)n2)c1C. The Bertz CT molecular complexity index is 855. The van der Waals surface area contributed by atoms with E-state index < -0.39 is 0 Å². The van der Waals surface area contributed by atoms with E-state index in [2.05, 4.69) is 27.1 Å². The molecule has 6 heteroatoms. The molecule has 3 aromatic rings. The van der Waals surface area contributed by atoms with Gasteiger partial charge in [0.25, 0.3) is 0 Å². The normalized spacial score (nSPS) is 11.0. The van der Waals surface area contributed by atoms with Gasteiger partial charge in [-0.25, -0.2) is 4.98 Å². The van der Waals surface area contributed by atoms with Gasteiger partial charge in [0.1, 0.15) is 5.01 Å². The van der Waals surface area contributed by atoms with Crippen LogP contribution in [-0.4, -0.2) is 29.4 Å². The van der Waals surface area contributed by atoms with Crippen molar-refractivity contribution in [2.45, 2.75) is 20.4 Å². The number of hydrogen-bond acceptors (Lipinski definition) is 5. The fourth-order valence-electron chi connectivity index (χ4n) is 2.55. The van der Waals surface area contributed by atoms with E-state index in [4.69, 9.17) is 0 Å². The number of rotatable bonds is 6. The molecular formula is C19H21N3OS2. The first kappa shape index (κ1) is 17.8. The summed E-state index contributed by atoms with van der Waals surface area (Å²) in [4.78, 5) is 20.1. The van der Waals surface area contributed by atoms with E-state index in [0.29, 0.717) is 13.1 Å². The maximum Gasteiger partial charge on any atom is 0.238 e. The number of aryl methyl sites for hydroxylation is 1. The van der Waals surface area contributed by atoms with Crippen LogP contribution < -0.4 is 5.32 Å². The zero-order chi connectivity index (χ0) is 17.8. The highest BCUT2D eigenvalue weighted by Crippen LogP contribution is 2.28. The topological polar surface area (TPSA) is 45.2 Å². The molecule has 1 N–H and O–H groups in total. The lowest BCUT2D eigenvalue weighted by Crippen LogP contribution is -2.30. The van der Waals surface area contributed by atoms with Crippen molar-refractivity contribution in [3.8, 4) is 9.88 Å². The molecule has 130 valence electrons. The summed E-state index contributed by atoms with van der Waals surface area (Å²) < 4.78 is 0. The molecule has 2 aromatic heterocycles. The number of likely N-dealkylation sites (N-methyl/N-ethyl adjacent to an activating group) is 1. The molecular weight excluding hydrogens is 350 g/mol. The van der Waals surface area contributed by atoms with Crippen molar-refractivity contribution in [3.05, 3.63) is 57.9 Å². The molecule has 0 atom stereocenters. The molecule has 1 aromatic carbocycles. The lowest BCUT2D eigenvalue weighted by Gasteiger charge is -2.16. The van der Waals surface area contributed by atoms with Gasteiger partial charge in [-0.2, -0.15) is 0 Å². The summed E-state index contributed by atoms with van der Waals surface area (Å²) in [7, 11) is 1.94. The molecule has 2 heterocycles. The number of amides is 1. The molecule has 0 unspecified atom stereocenters. The van der Waals surface area contributed by atoms with E-state index in [-0.39, 0.29) is 5.91 Å². The number of benzene rings is 1. The van der Waals surface area contributed by atoms with Gasteiger partial charge in [0.05, 0.1) is 17.1 Å². The summed E-state index contributed by atoms with van der Waals surface area (Å²) >= 11 is 3.34. The van der Waals surface area contributed by atoms with Gasteiger partial charge >= 0.3 is 0 Å². The number of thiophene rings is 1. The van der Waals surface area contributed by atoms with E-state index in [1.54, 1.807) is 22.7 Å². The number of thiazole rings is 1. The summed E-state index contributed by atoms with van der Waals surface area (Å²) in [5.74, 6) is -0.00934. The lowest BCUT2D eigenvalue weighted by atomic mass is 10.1. The van der Waals surface area contributed by atoms with Gasteiger partial charge < -0.3 is 5.32 Å². The van der Waals surface area contributed by atoms with Crippen LogP contribution in [0.3, 0.4) is 0 Å². The van der Waals surface area contributed by atoms with Crippen LogP contribution >= 0.6 is 22.7 Å². The van der Waals surface area contributed by atoms with E-state index in [0.717, 1.165) is 22.0 Å². The number of anilines is 1. The second-order valence-electron chi connectivity index (χ2n) is 6.09. The predicted molar refractivity (Wildman–Crippen MR) is 106 cm³/mol. The quantitative estimate of drug-likeness (QED) is 0.691. The third-order valence-corrected chi connectivity index (χ3v) is 5.94. The molecule has 3 rings (SSSR count). The number of carbonyl (C=O) groups is 1. The van der Waals surface area contributed by atoms with Gasteiger partial charge in [0.15, 0.2) is 0 Å². The third-order valence-electron chi connectivity index (χ3n) is 4.01. The van der Waals surface area contributed by atoms with Crippen molar-refractivity contribution in [1.29, 1.82) is 0 Å². The Balaban J connectivity index is 1.56. The molecule has 1 amide bonds. The van der Waals surface area contributed by atoms with Crippen LogP contribution in [0.15, 0.2) is 41.1 Å². The molecule has 0 fully saturated rings. The number of carbonyl (C=O) groups excluding carboxylic acids is 1. The van der Waals surface area contributed by atoms with Crippen molar-refractivity contribution < 1.29 is 4.79 Å². The molecule has 25 heavy (non-hydrogen) atoms. The highest BCUT2D eigenvalue weighted by atomic mass is 32.1. The minimum Gasteiger partial charge on any atom is -0.325 e. The first-order valence-electron chi connectivity index (χ1n) is 8.06. The van der Waals surface area contributed by atoms with E-state index in [1.165, 1.54) is 10.4 Å². The Morgan fingerprint density at radius 2 is 2.04 bits per heavy atom. The third kappa shape index (κ3) is 4.54. The molecule has 0 saturated carbocycles. The van der Waals surface area contributed by atoms with Crippen molar-refractivity contribution in [3.63, 3.8) is 0 Å². The standard InChI is InChI=1S/C19H21N3OS2/c1-13-6-4-7-16(14(13)2)21-18(23)11-22(3)10-15-12-25-19(20-15)17-8-5-9-24-17/h4-9,12H,10-11H2,1-3H3,(H,21,23). The highest BCUT2D eigenvalue weighted by Gasteiger charge is 2.12. The fraction of sp³-hybridized carbons (Fsp3) is 0.263. The number of aromatic nitrogens is 1. The predicted octanol–water partition coefficient (Wildman–Crippen LogP) is 4.56. The Kier molecular flexibility index (Phi) is 5.63. The summed E-state index contributed by atoms with van der Waals surface area (Å²) in [6.07, 6.45) is 0. The second kappa shape index (κ2) is 7.91. The van der Waals surface area contributed by atoms with Crippen LogP contribution in [0, 0.1) is 13.8 Å². The summed E-state index contributed by atoms with van der Waals surface area (Å²) in [5.41, 5.74) is 4.16. The first-order chi connectivity index (χ1) is 12.0. The number of hydrogen-bond donors (Lipinski definition) is 1. The van der Waals surface area contributed by atoms with E-state index in [9.17, 15) is 4.79 Å². The lowest BCUT2D eigenvalue weighted by molar-refractivity contribution is -0.117. The van der Waals surface area contributed by atoms with Gasteiger partial charge in [-0.05, 0) is 49.5 Å². The van der Waals surface area contributed by atoms with Crippen LogP contribution in [0.1, 0.15) is 16.8 Å². The van der Waals surface area contributed by atoms with Gasteiger partial charge in [-0.3, -0.25) is 9.69 Å².